The third kappa shape index (κ3) is 1.92. The second kappa shape index (κ2) is 4.19. The largest absolute Gasteiger partial charge is 0.348 e. The average molecular weight is 281 g/mol. The zero-order chi connectivity index (χ0) is 13.5. The highest BCUT2D eigenvalue weighted by Crippen LogP contribution is 2.27. The van der Waals surface area contributed by atoms with Gasteiger partial charge < -0.3 is 5.32 Å². The van der Waals surface area contributed by atoms with Crippen molar-refractivity contribution in [2.75, 3.05) is 4.90 Å². The van der Waals surface area contributed by atoms with Gasteiger partial charge in [-0.3, -0.25) is 9.69 Å². The quantitative estimate of drug-likeness (QED) is 0.792. The summed E-state index contributed by atoms with van der Waals surface area (Å²) in [5.41, 5.74) is -0.186. The van der Waals surface area contributed by atoms with E-state index in [9.17, 15) is 4.79 Å². The van der Waals surface area contributed by atoms with Crippen LogP contribution in [0.3, 0.4) is 0 Å². The molecular weight excluding hydrogens is 272 g/mol. The predicted molar refractivity (Wildman–Crippen MR) is 71.3 cm³/mol. The molecular formula is C11H9ClN4OS. The molecule has 1 aliphatic rings. The van der Waals surface area contributed by atoms with E-state index >= 15 is 0 Å². The summed E-state index contributed by atoms with van der Waals surface area (Å²) in [5.74, 6) is -0.185. The molecule has 0 aliphatic carbocycles. The molecule has 2 rings (SSSR count). The fraction of sp³-hybridized carbons (Fsp3) is 0.273. The molecule has 1 aliphatic heterocycles. The maximum atomic E-state index is 12.1. The van der Waals surface area contributed by atoms with Crippen LogP contribution in [0.15, 0.2) is 12.3 Å². The second-order valence-electron chi connectivity index (χ2n) is 4.33. The minimum Gasteiger partial charge on any atom is -0.348 e. The molecule has 1 fully saturated rings. The molecule has 7 heteroatoms. The molecule has 18 heavy (non-hydrogen) atoms. The summed E-state index contributed by atoms with van der Waals surface area (Å²) in [4.78, 5) is 17.4. The molecule has 1 amide bonds. The number of carbonyl (C=O) groups is 1. The summed E-state index contributed by atoms with van der Waals surface area (Å²) in [7, 11) is 0. The number of amides is 1. The molecule has 0 spiro atoms. The van der Waals surface area contributed by atoms with Crippen molar-refractivity contribution in [2.24, 2.45) is 0 Å². The molecule has 5 nitrogen and oxygen atoms in total. The van der Waals surface area contributed by atoms with E-state index in [2.05, 4.69) is 10.3 Å². The van der Waals surface area contributed by atoms with Gasteiger partial charge in [-0.2, -0.15) is 5.26 Å². The topological polar surface area (TPSA) is 69.0 Å². The van der Waals surface area contributed by atoms with Crippen LogP contribution in [0.2, 0.25) is 5.02 Å². The number of rotatable bonds is 1. The van der Waals surface area contributed by atoms with Gasteiger partial charge in [0.2, 0.25) is 0 Å². The number of hydrogen-bond donors (Lipinski definition) is 1. The lowest BCUT2D eigenvalue weighted by Gasteiger charge is -2.16. The average Bonchev–Trinajstić information content (AvgIpc) is 2.48. The molecule has 0 saturated carbocycles. The van der Waals surface area contributed by atoms with Crippen molar-refractivity contribution >= 4 is 40.5 Å². The van der Waals surface area contributed by atoms with Gasteiger partial charge in [0, 0.05) is 0 Å². The van der Waals surface area contributed by atoms with Crippen molar-refractivity contribution < 1.29 is 4.79 Å². The Bertz CT molecular complexity index is 593. The number of nitrogens with one attached hydrogen (secondary N) is 1. The lowest BCUT2D eigenvalue weighted by molar-refractivity contribution is -0.120. The Balaban J connectivity index is 2.45. The summed E-state index contributed by atoms with van der Waals surface area (Å²) < 4.78 is 0. The fourth-order valence-electron chi connectivity index (χ4n) is 1.62. The van der Waals surface area contributed by atoms with E-state index in [0.29, 0.717) is 10.8 Å². The van der Waals surface area contributed by atoms with Gasteiger partial charge in [0.05, 0.1) is 16.9 Å². The number of nitriles is 1. The van der Waals surface area contributed by atoms with Gasteiger partial charge in [-0.1, -0.05) is 11.6 Å². The van der Waals surface area contributed by atoms with E-state index in [1.54, 1.807) is 13.8 Å². The Hall–Kier alpha value is -1.71. The summed E-state index contributed by atoms with van der Waals surface area (Å²) >= 11 is 11.0. The van der Waals surface area contributed by atoms with Crippen LogP contribution in [0.25, 0.3) is 0 Å². The highest BCUT2D eigenvalue weighted by Gasteiger charge is 2.42. The maximum Gasteiger partial charge on any atom is 0.258 e. The fourth-order valence-corrected chi connectivity index (χ4v) is 2.26. The van der Waals surface area contributed by atoms with Crippen LogP contribution in [0.1, 0.15) is 19.5 Å². The second-order valence-corrected chi connectivity index (χ2v) is 5.13. The summed E-state index contributed by atoms with van der Waals surface area (Å²) in [6.07, 6.45) is 1.40. The van der Waals surface area contributed by atoms with Gasteiger partial charge in [0.15, 0.2) is 10.8 Å². The molecule has 0 aromatic carbocycles. The first-order valence-corrected chi connectivity index (χ1v) is 5.88. The zero-order valence-electron chi connectivity index (χ0n) is 9.69. The Morgan fingerprint density at radius 1 is 1.61 bits per heavy atom. The first-order valence-electron chi connectivity index (χ1n) is 5.09. The first-order chi connectivity index (χ1) is 8.36. The van der Waals surface area contributed by atoms with Crippen LogP contribution in [0.4, 0.5) is 5.69 Å². The molecule has 0 bridgehead atoms. The zero-order valence-corrected chi connectivity index (χ0v) is 11.3. The molecule has 1 aromatic heterocycles. The minimum absolute atomic E-state index is 0.116. The summed E-state index contributed by atoms with van der Waals surface area (Å²) in [6, 6.07) is 3.36. The van der Waals surface area contributed by atoms with Gasteiger partial charge in [-0.05, 0) is 32.1 Å². The number of carbonyl (C=O) groups excluding carboxylic acids is 1. The van der Waals surface area contributed by atoms with E-state index in [0.717, 1.165) is 0 Å². The van der Waals surface area contributed by atoms with Crippen LogP contribution in [0, 0.1) is 11.3 Å². The number of aromatic nitrogens is 1. The number of anilines is 1. The monoisotopic (exact) mass is 280 g/mol. The van der Waals surface area contributed by atoms with Crippen LogP contribution in [-0.4, -0.2) is 21.5 Å². The van der Waals surface area contributed by atoms with Gasteiger partial charge >= 0.3 is 0 Å². The van der Waals surface area contributed by atoms with Gasteiger partial charge in [-0.25, -0.2) is 4.98 Å². The van der Waals surface area contributed by atoms with Crippen LogP contribution in [-0.2, 0) is 4.79 Å². The highest BCUT2D eigenvalue weighted by atomic mass is 35.5. The van der Waals surface area contributed by atoms with E-state index in [4.69, 9.17) is 29.1 Å². The Kier molecular flexibility index (Phi) is 2.97. The maximum absolute atomic E-state index is 12.1. The smallest absolute Gasteiger partial charge is 0.258 e. The van der Waals surface area contributed by atoms with Crippen LogP contribution in [0.5, 0.6) is 0 Å². The van der Waals surface area contributed by atoms with Gasteiger partial charge in [0.1, 0.15) is 11.6 Å². The SMILES string of the molecule is CC1(C)NC(=S)N(c2cnc(C#N)c(Cl)c2)C1=O. The van der Waals surface area contributed by atoms with Crippen molar-refractivity contribution in [1.82, 2.24) is 10.3 Å². The third-order valence-electron chi connectivity index (χ3n) is 2.55. The van der Waals surface area contributed by atoms with Crippen LogP contribution < -0.4 is 10.2 Å². The molecule has 1 saturated heterocycles. The standard InChI is InChI=1S/C11H9ClN4OS/c1-11(2)9(17)16(10(18)15-11)6-3-7(12)8(4-13)14-5-6/h3,5H,1-2H3,(H,15,18). The van der Waals surface area contributed by atoms with Crippen molar-refractivity contribution in [2.45, 2.75) is 19.4 Å². The van der Waals surface area contributed by atoms with E-state index < -0.39 is 5.54 Å². The van der Waals surface area contributed by atoms with Gasteiger partial charge in [0.25, 0.3) is 5.91 Å². The first kappa shape index (κ1) is 12.7. The number of hydrogen-bond acceptors (Lipinski definition) is 4. The van der Waals surface area contributed by atoms with Crippen molar-refractivity contribution in [3.8, 4) is 6.07 Å². The number of pyridine rings is 1. The lowest BCUT2D eigenvalue weighted by atomic mass is 10.1. The molecule has 0 unspecified atom stereocenters. The van der Waals surface area contributed by atoms with Crippen molar-refractivity contribution in [3.05, 3.63) is 23.0 Å². The Labute approximate surface area is 114 Å². The normalized spacial score (nSPS) is 17.6. The molecule has 1 aromatic rings. The third-order valence-corrected chi connectivity index (χ3v) is 3.12. The van der Waals surface area contributed by atoms with E-state index in [1.807, 2.05) is 6.07 Å². The number of thiocarbonyl (C=S) groups is 1. The number of nitrogens with zero attached hydrogens (tertiary/aromatic N) is 3. The lowest BCUT2D eigenvalue weighted by Crippen LogP contribution is -2.40. The highest BCUT2D eigenvalue weighted by molar-refractivity contribution is 7.80. The Morgan fingerprint density at radius 3 is 2.72 bits per heavy atom. The summed E-state index contributed by atoms with van der Waals surface area (Å²) in [6.45, 7) is 3.47. The molecule has 2 heterocycles. The van der Waals surface area contributed by atoms with Crippen LogP contribution >= 0.6 is 23.8 Å². The minimum atomic E-state index is -0.753. The summed E-state index contributed by atoms with van der Waals surface area (Å²) in [5, 5.41) is 12.1. The van der Waals surface area contributed by atoms with E-state index in [1.165, 1.54) is 17.2 Å². The van der Waals surface area contributed by atoms with Crippen molar-refractivity contribution in [1.29, 1.82) is 5.26 Å². The molecule has 1 N–H and O–H groups in total. The molecule has 0 atom stereocenters. The predicted octanol–water partition coefficient (Wildman–Crippen LogP) is 1.61. The van der Waals surface area contributed by atoms with E-state index in [-0.39, 0.29) is 16.6 Å². The van der Waals surface area contributed by atoms with Crippen molar-refractivity contribution in [3.63, 3.8) is 0 Å². The van der Waals surface area contributed by atoms with Gasteiger partial charge in [-0.15, -0.1) is 0 Å². The molecule has 0 radical (unpaired) electrons. The molecule has 92 valence electrons. The number of halogens is 1. The Morgan fingerprint density at radius 2 is 2.28 bits per heavy atom.